The highest BCUT2D eigenvalue weighted by molar-refractivity contribution is 5.89. The molecule has 3 rings (SSSR count). The molecule has 1 aromatic heterocycles. The van der Waals surface area contributed by atoms with Crippen LogP contribution in [0.3, 0.4) is 0 Å². The number of nitrogens with zero attached hydrogens (tertiary/aromatic N) is 3. The second-order valence-corrected chi connectivity index (χ2v) is 6.04. The lowest BCUT2D eigenvalue weighted by molar-refractivity contribution is -0.153. The Labute approximate surface area is 144 Å². The minimum Gasteiger partial charge on any atom is -0.464 e. The predicted molar refractivity (Wildman–Crippen MR) is 87.3 cm³/mol. The van der Waals surface area contributed by atoms with Crippen LogP contribution < -0.4 is 5.32 Å². The van der Waals surface area contributed by atoms with Gasteiger partial charge in [-0.25, -0.2) is 9.48 Å². The molecule has 1 aromatic carbocycles. The minimum absolute atomic E-state index is 0.0928. The Morgan fingerprint density at radius 1 is 1.32 bits per heavy atom. The summed E-state index contributed by atoms with van der Waals surface area (Å²) >= 11 is 0. The maximum atomic E-state index is 12.6. The number of fused-ring (bicyclic) bond motifs is 1. The normalized spacial score (nSPS) is 14.8. The van der Waals surface area contributed by atoms with Gasteiger partial charge in [0.15, 0.2) is 0 Å². The van der Waals surface area contributed by atoms with Crippen LogP contribution in [0.2, 0.25) is 0 Å². The third kappa shape index (κ3) is 3.53. The number of aliphatic hydroxyl groups is 1. The van der Waals surface area contributed by atoms with Gasteiger partial charge in [-0.15, -0.1) is 5.10 Å². The van der Waals surface area contributed by atoms with Crippen molar-refractivity contribution in [2.75, 3.05) is 6.61 Å². The van der Waals surface area contributed by atoms with Gasteiger partial charge in [0, 0.05) is 12.8 Å². The summed E-state index contributed by atoms with van der Waals surface area (Å²) in [5.41, 5.74) is 1.33. The van der Waals surface area contributed by atoms with Crippen LogP contribution in [0.15, 0.2) is 30.5 Å². The van der Waals surface area contributed by atoms with Crippen molar-refractivity contribution in [1.29, 1.82) is 0 Å². The van der Waals surface area contributed by atoms with E-state index in [-0.39, 0.29) is 25.7 Å². The van der Waals surface area contributed by atoms with Gasteiger partial charge in [0.1, 0.15) is 17.8 Å². The van der Waals surface area contributed by atoms with E-state index in [9.17, 15) is 9.59 Å². The van der Waals surface area contributed by atoms with Crippen molar-refractivity contribution in [2.45, 2.75) is 38.5 Å². The Morgan fingerprint density at radius 3 is 2.56 bits per heavy atom. The van der Waals surface area contributed by atoms with E-state index in [2.05, 4.69) is 15.6 Å². The molecule has 0 bridgehead atoms. The molecule has 0 fully saturated rings. The van der Waals surface area contributed by atoms with Gasteiger partial charge in [0.25, 0.3) is 0 Å². The zero-order valence-corrected chi connectivity index (χ0v) is 13.9. The molecule has 1 aliphatic carbocycles. The number of hydrogen-bond donors (Lipinski definition) is 2. The number of carbonyl (C=O) groups excluding carboxylic acids is 2. The highest BCUT2D eigenvalue weighted by atomic mass is 16.5. The average Bonchev–Trinajstić information content (AvgIpc) is 3.19. The quantitative estimate of drug-likeness (QED) is 0.714. The van der Waals surface area contributed by atoms with Gasteiger partial charge < -0.3 is 15.2 Å². The Hall–Kier alpha value is -2.74. The fourth-order valence-electron chi connectivity index (χ4n) is 3.11. The van der Waals surface area contributed by atoms with E-state index >= 15 is 0 Å². The number of benzene rings is 1. The second kappa shape index (κ2) is 7.02. The maximum Gasteiger partial charge on any atom is 0.332 e. The molecule has 1 amide bonds. The molecule has 2 N–H and O–H groups in total. The highest BCUT2D eigenvalue weighted by Gasteiger charge is 2.46. The summed E-state index contributed by atoms with van der Waals surface area (Å²) in [5.74, 6) is -0.801. The van der Waals surface area contributed by atoms with Crippen LogP contribution in [0.4, 0.5) is 0 Å². The monoisotopic (exact) mass is 344 g/mol. The van der Waals surface area contributed by atoms with E-state index in [0.29, 0.717) is 18.5 Å². The van der Waals surface area contributed by atoms with Crippen molar-refractivity contribution in [3.63, 3.8) is 0 Å². The summed E-state index contributed by atoms with van der Waals surface area (Å²) < 4.78 is 6.53. The van der Waals surface area contributed by atoms with Crippen molar-refractivity contribution in [3.05, 3.63) is 47.3 Å². The van der Waals surface area contributed by atoms with Crippen LogP contribution in [-0.2, 0) is 40.3 Å². The number of rotatable bonds is 6. The standard InChI is InChI=1S/C17H20N4O4/c1-2-25-16(24)17(7-12-5-3-4-6-13(12)8-17)18-15(23)10-21-9-14(11-22)19-20-21/h3-6,9,22H,2,7-8,10-11H2,1H3,(H,18,23). The molecule has 132 valence electrons. The molecule has 0 saturated heterocycles. The molecule has 8 nitrogen and oxygen atoms in total. The first-order chi connectivity index (χ1) is 12.1. The van der Waals surface area contributed by atoms with E-state index in [4.69, 9.17) is 9.84 Å². The summed E-state index contributed by atoms with van der Waals surface area (Å²) in [5, 5.41) is 19.3. The van der Waals surface area contributed by atoms with Crippen LogP contribution in [0.25, 0.3) is 0 Å². The molecule has 25 heavy (non-hydrogen) atoms. The van der Waals surface area contributed by atoms with Crippen LogP contribution in [0.1, 0.15) is 23.7 Å². The van der Waals surface area contributed by atoms with Crippen LogP contribution >= 0.6 is 0 Å². The minimum atomic E-state index is -1.10. The van der Waals surface area contributed by atoms with Gasteiger partial charge in [0.05, 0.1) is 19.4 Å². The first-order valence-corrected chi connectivity index (χ1v) is 8.11. The van der Waals surface area contributed by atoms with Gasteiger partial charge >= 0.3 is 5.97 Å². The predicted octanol–water partition coefficient (Wildman–Crippen LogP) is -0.0127. The van der Waals surface area contributed by atoms with E-state index in [1.54, 1.807) is 6.92 Å². The molecule has 0 atom stereocenters. The van der Waals surface area contributed by atoms with E-state index in [1.165, 1.54) is 10.9 Å². The van der Waals surface area contributed by atoms with E-state index in [1.807, 2.05) is 24.3 Å². The van der Waals surface area contributed by atoms with E-state index < -0.39 is 11.5 Å². The number of esters is 1. The largest absolute Gasteiger partial charge is 0.464 e. The number of aliphatic hydroxyl groups excluding tert-OH is 1. The highest BCUT2D eigenvalue weighted by Crippen LogP contribution is 2.31. The molecule has 0 saturated carbocycles. The molecular formula is C17H20N4O4. The summed E-state index contributed by atoms with van der Waals surface area (Å²) in [4.78, 5) is 25.0. The zero-order chi connectivity index (χ0) is 17.9. The Kier molecular flexibility index (Phi) is 4.80. The Morgan fingerprint density at radius 2 is 2.00 bits per heavy atom. The Bertz CT molecular complexity index is 761. The lowest BCUT2D eigenvalue weighted by Gasteiger charge is -2.27. The molecule has 1 aliphatic rings. The first kappa shape index (κ1) is 17.1. The second-order valence-electron chi connectivity index (χ2n) is 6.04. The van der Waals surface area contributed by atoms with Gasteiger partial charge in [-0.3, -0.25) is 4.79 Å². The topological polar surface area (TPSA) is 106 Å². The van der Waals surface area contributed by atoms with Gasteiger partial charge in [-0.05, 0) is 18.1 Å². The molecule has 2 aromatic rings. The van der Waals surface area contributed by atoms with Crippen molar-refractivity contribution in [2.24, 2.45) is 0 Å². The maximum absolute atomic E-state index is 12.6. The van der Waals surface area contributed by atoms with Crippen LogP contribution in [-0.4, -0.2) is 44.1 Å². The number of amides is 1. The van der Waals surface area contributed by atoms with Crippen molar-refractivity contribution >= 4 is 11.9 Å². The third-order valence-corrected chi connectivity index (χ3v) is 4.20. The third-order valence-electron chi connectivity index (χ3n) is 4.20. The zero-order valence-electron chi connectivity index (χ0n) is 13.9. The average molecular weight is 344 g/mol. The smallest absolute Gasteiger partial charge is 0.332 e. The number of carbonyl (C=O) groups is 2. The summed E-state index contributed by atoms with van der Waals surface area (Å²) in [7, 11) is 0. The van der Waals surface area contributed by atoms with Crippen molar-refractivity contribution in [3.8, 4) is 0 Å². The van der Waals surface area contributed by atoms with Gasteiger partial charge in [-0.1, -0.05) is 29.5 Å². The first-order valence-electron chi connectivity index (χ1n) is 8.11. The van der Waals surface area contributed by atoms with Gasteiger partial charge in [0.2, 0.25) is 5.91 Å². The summed E-state index contributed by atoms with van der Waals surface area (Å²) in [6.45, 7) is 1.64. The molecule has 1 heterocycles. The molecule has 0 radical (unpaired) electrons. The summed E-state index contributed by atoms with van der Waals surface area (Å²) in [6.07, 6.45) is 2.28. The van der Waals surface area contributed by atoms with Crippen molar-refractivity contribution < 1.29 is 19.4 Å². The molecule has 8 heteroatoms. The number of nitrogens with one attached hydrogen (secondary N) is 1. The molecule has 0 unspecified atom stereocenters. The molecule has 0 spiro atoms. The number of aromatic nitrogens is 3. The van der Waals surface area contributed by atoms with Crippen molar-refractivity contribution in [1.82, 2.24) is 20.3 Å². The number of hydrogen-bond acceptors (Lipinski definition) is 6. The fraction of sp³-hybridized carbons (Fsp3) is 0.412. The lowest BCUT2D eigenvalue weighted by Crippen LogP contribution is -2.57. The summed E-state index contributed by atoms with van der Waals surface area (Å²) in [6, 6.07) is 7.72. The van der Waals surface area contributed by atoms with Crippen LogP contribution in [0.5, 0.6) is 0 Å². The Balaban J connectivity index is 1.77. The molecule has 0 aliphatic heterocycles. The fourth-order valence-corrected chi connectivity index (χ4v) is 3.11. The van der Waals surface area contributed by atoms with Gasteiger partial charge in [-0.2, -0.15) is 0 Å². The molecular weight excluding hydrogens is 324 g/mol. The lowest BCUT2D eigenvalue weighted by atomic mass is 9.95. The number of ether oxygens (including phenoxy) is 1. The van der Waals surface area contributed by atoms with E-state index in [0.717, 1.165) is 11.1 Å². The van der Waals surface area contributed by atoms with Crippen LogP contribution in [0, 0.1) is 0 Å². The SMILES string of the molecule is CCOC(=O)C1(NC(=O)Cn2cc(CO)nn2)Cc2ccccc2C1.